The molecule has 8 heteroatoms. The molecular weight excluding hydrogens is 358 g/mol. The Bertz CT molecular complexity index is 783. The lowest BCUT2D eigenvalue weighted by Gasteiger charge is -2.12. The molecule has 0 bridgehead atoms. The molecule has 0 fully saturated rings. The number of halogens is 1. The highest BCUT2D eigenvalue weighted by Crippen LogP contribution is 2.27. The summed E-state index contributed by atoms with van der Waals surface area (Å²) < 4.78 is 9.96. The first-order valence-electron chi connectivity index (χ1n) is 7.78. The van der Waals surface area contributed by atoms with E-state index in [-0.39, 0.29) is 25.0 Å². The SMILES string of the molecule is COCC(=O)Nc1cccc(NCC(=O)Nc2cc(Cl)ccc2OC)c1. The molecule has 138 valence electrons. The molecule has 3 N–H and O–H groups in total. The van der Waals surface area contributed by atoms with E-state index in [2.05, 4.69) is 16.0 Å². The van der Waals surface area contributed by atoms with Gasteiger partial charge in [-0.1, -0.05) is 17.7 Å². The van der Waals surface area contributed by atoms with Crippen LogP contribution in [-0.2, 0) is 14.3 Å². The number of carbonyl (C=O) groups excluding carboxylic acids is 2. The molecule has 2 amide bonds. The number of amides is 2. The maximum absolute atomic E-state index is 12.2. The standard InChI is InChI=1S/C18H20ClN3O4/c1-25-11-18(24)21-14-5-3-4-13(9-14)20-10-17(23)22-15-8-12(19)6-7-16(15)26-2/h3-9,20H,10-11H2,1-2H3,(H,21,24)(H,22,23). The lowest BCUT2D eigenvalue weighted by atomic mass is 10.2. The first-order chi connectivity index (χ1) is 12.5. The Morgan fingerprint density at radius 3 is 2.50 bits per heavy atom. The highest BCUT2D eigenvalue weighted by Gasteiger charge is 2.09. The molecule has 7 nitrogen and oxygen atoms in total. The second-order valence-electron chi connectivity index (χ2n) is 5.31. The Morgan fingerprint density at radius 1 is 1.00 bits per heavy atom. The molecule has 0 spiro atoms. The van der Waals surface area contributed by atoms with Crippen LogP contribution in [0.25, 0.3) is 0 Å². The summed E-state index contributed by atoms with van der Waals surface area (Å²) in [6, 6.07) is 12.0. The van der Waals surface area contributed by atoms with Crippen molar-refractivity contribution >= 4 is 40.5 Å². The third kappa shape index (κ3) is 5.94. The van der Waals surface area contributed by atoms with Crippen molar-refractivity contribution in [2.75, 3.05) is 43.3 Å². The summed E-state index contributed by atoms with van der Waals surface area (Å²) in [5.74, 6) is 0.000403. The smallest absolute Gasteiger partial charge is 0.250 e. The van der Waals surface area contributed by atoms with Gasteiger partial charge in [0.2, 0.25) is 11.8 Å². The minimum Gasteiger partial charge on any atom is -0.495 e. The number of methoxy groups -OCH3 is 2. The van der Waals surface area contributed by atoms with E-state index < -0.39 is 0 Å². The van der Waals surface area contributed by atoms with E-state index in [1.54, 1.807) is 42.5 Å². The van der Waals surface area contributed by atoms with Crippen LogP contribution in [0.3, 0.4) is 0 Å². The van der Waals surface area contributed by atoms with Crippen LogP contribution in [-0.4, -0.2) is 39.2 Å². The van der Waals surface area contributed by atoms with E-state index in [1.165, 1.54) is 14.2 Å². The van der Waals surface area contributed by atoms with Gasteiger partial charge < -0.3 is 25.4 Å². The van der Waals surface area contributed by atoms with Gasteiger partial charge in [-0.3, -0.25) is 9.59 Å². The number of carbonyl (C=O) groups is 2. The zero-order valence-electron chi connectivity index (χ0n) is 14.5. The molecule has 0 saturated heterocycles. The minimum atomic E-state index is -0.264. The number of benzene rings is 2. The first-order valence-corrected chi connectivity index (χ1v) is 8.15. The van der Waals surface area contributed by atoms with E-state index in [0.29, 0.717) is 27.8 Å². The van der Waals surface area contributed by atoms with Gasteiger partial charge in [0.05, 0.1) is 19.3 Å². The molecule has 26 heavy (non-hydrogen) atoms. The molecule has 0 aliphatic heterocycles. The largest absolute Gasteiger partial charge is 0.495 e. The predicted octanol–water partition coefficient (Wildman–Crippen LogP) is 2.98. The maximum atomic E-state index is 12.2. The van der Waals surface area contributed by atoms with Gasteiger partial charge in [-0.05, 0) is 36.4 Å². The molecule has 2 aromatic rings. The van der Waals surface area contributed by atoms with Crippen molar-refractivity contribution in [1.82, 2.24) is 0 Å². The Morgan fingerprint density at radius 2 is 1.77 bits per heavy atom. The van der Waals surface area contributed by atoms with Gasteiger partial charge in [-0.15, -0.1) is 0 Å². The summed E-state index contributed by atoms with van der Waals surface area (Å²) in [4.78, 5) is 23.7. The van der Waals surface area contributed by atoms with E-state index in [1.807, 2.05) is 0 Å². The van der Waals surface area contributed by atoms with Crippen molar-refractivity contribution in [2.45, 2.75) is 0 Å². The molecule has 2 rings (SSSR count). The van der Waals surface area contributed by atoms with E-state index in [9.17, 15) is 9.59 Å². The highest BCUT2D eigenvalue weighted by atomic mass is 35.5. The number of rotatable bonds is 8. The third-order valence-corrected chi connectivity index (χ3v) is 3.55. The number of hydrogen-bond acceptors (Lipinski definition) is 5. The molecule has 0 aliphatic carbocycles. The summed E-state index contributed by atoms with van der Waals surface area (Å²) >= 11 is 5.95. The second kappa shape index (κ2) is 9.65. The highest BCUT2D eigenvalue weighted by molar-refractivity contribution is 6.31. The van der Waals surface area contributed by atoms with Crippen LogP contribution in [0.4, 0.5) is 17.1 Å². The summed E-state index contributed by atoms with van der Waals surface area (Å²) in [7, 11) is 2.96. The quantitative estimate of drug-likeness (QED) is 0.658. The number of ether oxygens (including phenoxy) is 2. The number of nitrogens with one attached hydrogen (secondary N) is 3. The number of anilines is 3. The average Bonchev–Trinajstić information content (AvgIpc) is 2.61. The molecule has 0 saturated carbocycles. The molecule has 0 aliphatic rings. The topological polar surface area (TPSA) is 88.7 Å². The molecule has 0 radical (unpaired) electrons. The maximum Gasteiger partial charge on any atom is 0.250 e. The lowest BCUT2D eigenvalue weighted by molar-refractivity contribution is -0.119. The van der Waals surface area contributed by atoms with Crippen LogP contribution < -0.4 is 20.7 Å². The van der Waals surface area contributed by atoms with Gasteiger partial charge in [0.25, 0.3) is 0 Å². The van der Waals surface area contributed by atoms with Crippen LogP contribution in [0.15, 0.2) is 42.5 Å². The third-order valence-electron chi connectivity index (χ3n) is 3.31. The van der Waals surface area contributed by atoms with Gasteiger partial charge in [0.1, 0.15) is 12.4 Å². The summed E-state index contributed by atoms with van der Waals surface area (Å²) in [5.41, 5.74) is 1.79. The zero-order chi connectivity index (χ0) is 18.9. The zero-order valence-corrected chi connectivity index (χ0v) is 15.2. The fraction of sp³-hybridized carbons (Fsp3) is 0.222. The van der Waals surface area contributed by atoms with Gasteiger partial charge >= 0.3 is 0 Å². The van der Waals surface area contributed by atoms with Crippen LogP contribution in [0.5, 0.6) is 5.75 Å². The van der Waals surface area contributed by atoms with Crippen molar-refractivity contribution in [3.8, 4) is 5.75 Å². The van der Waals surface area contributed by atoms with Gasteiger partial charge in [-0.25, -0.2) is 0 Å². The number of hydrogen-bond donors (Lipinski definition) is 3. The van der Waals surface area contributed by atoms with Gasteiger partial charge in [0.15, 0.2) is 0 Å². The van der Waals surface area contributed by atoms with Crippen molar-refractivity contribution in [3.05, 3.63) is 47.5 Å². The van der Waals surface area contributed by atoms with Crippen molar-refractivity contribution < 1.29 is 19.1 Å². The van der Waals surface area contributed by atoms with Crippen molar-refractivity contribution in [3.63, 3.8) is 0 Å². The molecule has 0 aromatic heterocycles. The minimum absolute atomic E-state index is 0.0263. The summed E-state index contributed by atoms with van der Waals surface area (Å²) in [5, 5.41) is 8.92. The fourth-order valence-corrected chi connectivity index (χ4v) is 2.36. The molecule has 0 unspecified atom stereocenters. The van der Waals surface area contributed by atoms with Crippen LogP contribution in [0.1, 0.15) is 0 Å². The Hall–Kier alpha value is -2.77. The Balaban J connectivity index is 1.93. The average molecular weight is 378 g/mol. The summed E-state index contributed by atoms with van der Waals surface area (Å²) in [6.07, 6.45) is 0. The molecule has 0 heterocycles. The van der Waals surface area contributed by atoms with Crippen molar-refractivity contribution in [2.24, 2.45) is 0 Å². The monoisotopic (exact) mass is 377 g/mol. The van der Waals surface area contributed by atoms with Crippen LogP contribution >= 0.6 is 11.6 Å². The Labute approximate surface area is 156 Å². The van der Waals surface area contributed by atoms with E-state index >= 15 is 0 Å². The summed E-state index contributed by atoms with van der Waals surface area (Å²) in [6.45, 7) is 0.00662. The molecule has 2 aromatic carbocycles. The van der Waals surface area contributed by atoms with Crippen molar-refractivity contribution in [1.29, 1.82) is 0 Å². The first kappa shape index (κ1) is 19.6. The normalized spacial score (nSPS) is 10.1. The molecule has 0 atom stereocenters. The predicted molar refractivity (Wildman–Crippen MR) is 102 cm³/mol. The second-order valence-corrected chi connectivity index (χ2v) is 5.74. The fourth-order valence-electron chi connectivity index (χ4n) is 2.19. The van der Waals surface area contributed by atoms with E-state index in [0.717, 1.165) is 0 Å². The van der Waals surface area contributed by atoms with Gasteiger partial charge in [-0.2, -0.15) is 0 Å². The van der Waals surface area contributed by atoms with Crippen LogP contribution in [0, 0.1) is 0 Å². The van der Waals surface area contributed by atoms with Crippen LogP contribution in [0.2, 0.25) is 5.02 Å². The lowest BCUT2D eigenvalue weighted by Crippen LogP contribution is -2.22. The van der Waals surface area contributed by atoms with E-state index in [4.69, 9.17) is 21.1 Å². The Kier molecular flexibility index (Phi) is 7.25. The van der Waals surface area contributed by atoms with Gasteiger partial charge in [0, 0.05) is 23.5 Å². The molecular formula is C18H20ClN3O4.